The van der Waals surface area contributed by atoms with E-state index in [0.717, 1.165) is 28.7 Å². The number of nitrogens with zero attached hydrogens (tertiary/aromatic N) is 1. The maximum atomic E-state index is 11.9. The van der Waals surface area contributed by atoms with Crippen molar-refractivity contribution in [3.8, 4) is 11.5 Å². The molecule has 1 amide bonds. The van der Waals surface area contributed by atoms with Crippen molar-refractivity contribution in [1.82, 2.24) is 5.32 Å². The van der Waals surface area contributed by atoms with E-state index in [1.54, 1.807) is 17.5 Å². The van der Waals surface area contributed by atoms with Crippen LogP contribution in [0.1, 0.15) is 5.56 Å². The van der Waals surface area contributed by atoms with E-state index in [0.29, 0.717) is 22.9 Å². The number of hydrogen-bond donors (Lipinski definition) is 1. The molecule has 0 spiro atoms. The number of thioether (sulfide) groups is 1. The molecular formula is C14H12N2O5S2. The second kappa shape index (κ2) is 6.88. The summed E-state index contributed by atoms with van der Waals surface area (Å²) in [6.45, 7) is 0.572. The van der Waals surface area contributed by atoms with Gasteiger partial charge in [-0.15, -0.1) is 11.8 Å². The van der Waals surface area contributed by atoms with Crippen LogP contribution in [0.5, 0.6) is 11.5 Å². The summed E-state index contributed by atoms with van der Waals surface area (Å²) in [6, 6.07) is 7.12. The first-order valence-corrected chi connectivity index (χ1v) is 8.50. The van der Waals surface area contributed by atoms with Gasteiger partial charge in [-0.2, -0.15) is 0 Å². The van der Waals surface area contributed by atoms with Crippen molar-refractivity contribution < 1.29 is 19.2 Å². The molecule has 0 radical (unpaired) electrons. The normalized spacial score (nSPS) is 12.2. The Labute approximate surface area is 139 Å². The van der Waals surface area contributed by atoms with E-state index in [9.17, 15) is 14.9 Å². The number of fused-ring (bicyclic) bond motifs is 1. The lowest BCUT2D eigenvalue weighted by atomic mass is 10.2. The first-order chi connectivity index (χ1) is 11.1. The number of nitrogens with one attached hydrogen (secondary N) is 1. The van der Waals surface area contributed by atoms with Gasteiger partial charge in [-0.1, -0.05) is 17.4 Å². The lowest BCUT2D eigenvalue weighted by Crippen LogP contribution is -2.24. The molecule has 0 saturated heterocycles. The van der Waals surface area contributed by atoms with Gasteiger partial charge in [0.2, 0.25) is 12.7 Å². The van der Waals surface area contributed by atoms with E-state index < -0.39 is 4.92 Å². The van der Waals surface area contributed by atoms with Gasteiger partial charge in [-0.05, 0) is 29.1 Å². The van der Waals surface area contributed by atoms with Crippen LogP contribution in [0.25, 0.3) is 0 Å². The highest BCUT2D eigenvalue weighted by Crippen LogP contribution is 2.34. The standard InChI is InChI=1S/C14H12N2O5S2/c17-13(7-23-12-3-4-22-14(12)16(18)19)15-6-9-1-2-10-11(5-9)21-8-20-10/h1-5H,6-8H2,(H,15,17). The van der Waals surface area contributed by atoms with Crippen LogP contribution in [-0.2, 0) is 11.3 Å². The van der Waals surface area contributed by atoms with E-state index in [2.05, 4.69) is 5.32 Å². The smallest absolute Gasteiger partial charge is 0.337 e. The molecule has 1 aliphatic heterocycles. The van der Waals surface area contributed by atoms with Gasteiger partial charge in [-0.3, -0.25) is 14.9 Å². The van der Waals surface area contributed by atoms with E-state index in [4.69, 9.17) is 9.47 Å². The molecule has 1 N–H and O–H groups in total. The number of hydrogen-bond acceptors (Lipinski definition) is 7. The zero-order valence-corrected chi connectivity index (χ0v) is 13.4. The summed E-state index contributed by atoms with van der Waals surface area (Å²) in [5.74, 6) is 1.30. The summed E-state index contributed by atoms with van der Waals surface area (Å²) >= 11 is 2.21. The van der Waals surface area contributed by atoms with Crippen molar-refractivity contribution in [1.29, 1.82) is 0 Å². The lowest BCUT2D eigenvalue weighted by Gasteiger charge is -2.06. The predicted octanol–water partition coefficient (Wildman–Crippen LogP) is 2.79. The number of amides is 1. The molecule has 23 heavy (non-hydrogen) atoms. The van der Waals surface area contributed by atoms with Crippen molar-refractivity contribution in [2.24, 2.45) is 0 Å². The summed E-state index contributed by atoms with van der Waals surface area (Å²) in [6.07, 6.45) is 0. The van der Waals surface area contributed by atoms with E-state index in [-0.39, 0.29) is 23.5 Å². The number of carbonyl (C=O) groups excluding carboxylic acids is 1. The summed E-state index contributed by atoms with van der Waals surface area (Å²) in [5.41, 5.74) is 0.897. The fourth-order valence-corrected chi connectivity index (χ4v) is 3.74. The molecule has 0 bridgehead atoms. The highest BCUT2D eigenvalue weighted by Gasteiger charge is 2.17. The SMILES string of the molecule is O=C(CSc1ccsc1[N+](=O)[O-])NCc1ccc2c(c1)OCO2. The molecule has 9 heteroatoms. The zero-order chi connectivity index (χ0) is 16.2. The summed E-state index contributed by atoms with van der Waals surface area (Å²) in [5, 5.41) is 15.3. The summed E-state index contributed by atoms with van der Waals surface area (Å²) in [7, 11) is 0. The van der Waals surface area contributed by atoms with Crippen LogP contribution >= 0.6 is 23.1 Å². The first kappa shape index (κ1) is 15.6. The molecule has 0 fully saturated rings. The van der Waals surface area contributed by atoms with Crippen LogP contribution in [0, 0.1) is 10.1 Å². The minimum atomic E-state index is -0.433. The maximum absolute atomic E-state index is 11.9. The Bertz CT molecular complexity index is 747. The largest absolute Gasteiger partial charge is 0.454 e. The highest BCUT2D eigenvalue weighted by atomic mass is 32.2. The van der Waals surface area contributed by atoms with Crippen molar-refractivity contribution in [3.63, 3.8) is 0 Å². The Morgan fingerprint density at radius 2 is 2.17 bits per heavy atom. The number of thiophene rings is 1. The predicted molar refractivity (Wildman–Crippen MR) is 86.1 cm³/mol. The Morgan fingerprint density at radius 1 is 1.35 bits per heavy atom. The van der Waals surface area contributed by atoms with Crippen LogP contribution in [-0.4, -0.2) is 23.4 Å². The molecule has 1 aromatic carbocycles. The fraction of sp³-hybridized carbons (Fsp3) is 0.214. The van der Waals surface area contributed by atoms with E-state index >= 15 is 0 Å². The zero-order valence-electron chi connectivity index (χ0n) is 11.8. The highest BCUT2D eigenvalue weighted by molar-refractivity contribution is 8.00. The van der Waals surface area contributed by atoms with Crippen molar-refractivity contribution in [2.45, 2.75) is 11.4 Å². The van der Waals surface area contributed by atoms with Gasteiger partial charge < -0.3 is 14.8 Å². The lowest BCUT2D eigenvalue weighted by molar-refractivity contribution is -0.382. The molecule has 2 aromatic rings. The molecule has 7 nitrogen and oxygen atoms in total. The number of nitro groups is 1. The third-order valence-electron chi connectivity index (χ3n) is 3.06. The van der Waals surface area contributed by atoms with Gasteiger partial charge in [0, 0.05) is 6.54 Å². The Balaban J connectivity index is 1.50. The van der Waals surface area contributed by atoms with Crippen molar-refractivity contribution in [2.75, 3.05) is 12.5 Å². The van der Waals surface area contributed by atoms with Crippen LogP contribution in [0.3, 0.4) is 0 Å². The quantitative estimate of drug-likeness (QED) is 0.488. The van der Waals surface area contributed by atoms with Crippen LogP contribution < -0.4 is 14.8 Å². The van der Waals surface area contributed by atoms with Crippen LogP contribution in [0.2, 0.25) is 0 Å². The molecule has 0 saturated carbocycles. The minimum absolute atomic E-state index is 0.0681. The summed E-state index contributed by atoms with van der Waals surface area (Å²) < 4.78 is 10.5. The summed E-state index contributed by atoms with van der Waals surface area (Å²) in [4.78, 5) is 22.8. The monoisotopic (exact) mass is 352 g/mol. The Morgan fingerprint density at radius 3 is 3.00 bits per heavy atom. The van der Waals surface area contributed by atoms with Gasteiger partial charge in [0.1, 0.15) is 0 Å². The molecule has 1 aliphatic rings. The van der Waals surface area contributed by atoms with Gasteiger partial charge >= 0.3 is 5.00 Å². The molecular weight excluding hydrogens is 340 g/mol. The second-order valence-corrected chi connectivity index (χ2v) is 6.51. The van der Waals surface area contributed by atoms with Crippen LogP contribution in [0.15, 0.2) is 34.5 Å². The average molecular weight is 352 g/mol. The number of carbonyl (C=O) groups is 1. The van der Waals surface area contributed by atoms with Crippen molar-refractivity contribution in [3.05, 3.63) is 45.3 Å². The van der Waals surface area contributed by atoms with Gasteiger partial charge in [0.25, 0.3) is 0 Å². The van der Waals surface area contributed by atoms with E-state index in [1.165, 1.54) is 0 Å². The molecule has 120 valence electrons. The van der Waals surface area contributed by atoms with Gasteiger partial charge in [0.05, 0.1) is 15.6 Å². The number of rotatable bonds is 6. The van der Waals surface area contributed by atoms with Crippen molar-refractivity contribution >= 4 is 34.0 Å². The van der Waals surface area contributed by atoms with Gasteiger partial charge in [-0.25, -0.2) is 0 Å². The average Bonchev–Trinajstić information content (AvgIpc) is 3.18. The molecule has 2 heterocycles. The first-order valence-electron chi connectivity index (χ1n) is 6.63. The molecule has 3 rings (SSSR count). The fourth-order valence-electron chi connectivity index (χ4n) is 1.98. The van der Waals surface area contributed by atoms with Gasteiger partial charge in [0.15, 0.2) is 11.5 Å². The van der Waals surface area contributed by atoms with E-state index in [1.807, 2.05) is 12.1 Å². The maximum Gasteiger partial charge on any atom is 0.337 e. The number of benzene rings is 1. The second-order valence-electron chi connectivity index (χ2n) is 4.60. The molecule has 0 aliphatic carbocycles. The molecule has 0 unspecified atom stereocenters. The Hall–Kier alpha value is -2.26. The molecule has 1 aromatic heterocycles. The Kier molecular flexibility index (Phi) is 4.68. The third-order valence-corrected chi connectivity index (χ3v) is 5.10. The van der Waals surface area contributed by atoms with Crippen LogP contribution in [0.4, 0.5) is 5.00 Å². The molecule has 0 atom stereocenters. The third kappa shape index (κ3) is 3.74. The number of ether oxygens (including phenoxy) is 2. The minimum Gasteiger partial charge on any atom is -0.454 e. The topological polar surface area (TPSA) is 90.7 Å².